The molecule has 7 nitrogen and oxygen atoms in total. The maximum Gasteiger partial charge on any atom is 0.287 e. The molecule has 0 aliphatic rings. The molecule has 1 N–H and O–H groups in total. The lowest BCUT2D eigenvalue weighted by Crippen LogP contribution is -2.24. The van der Waals surface area contributed by atoms with Crippen molar-refractivity contribution < 1.29 is 14.2 Å². The summed E-state index contributed by atoms with van der Waals surface area (Å²) in [6, 6.07) is 13.2. The van der Waals surface area contributed by atoms with Gasteiger partial charge in [0.25, 0.3) is 5.56 Å². The smallest absolute Gasteiger partial charge is 0.287 e. The first kappa shape index (κ1) is 20.5. The quantitative estimate of drug-likeness (QED) is 0.606. The predicted octanol–water partition coefficient (Wildman–Crippen LogP) is 3.58. The minimum atomic E-state index is -0.361. The summed E-state index contributed by atoms with van der Waals surface area (Å²) in [6.45, 7) is 0.705. The van der Waals surface area contributed by atoms with Crippen LogP contribution in [0, 0.1) is 0 Å². The molecule has 0 aliphatic carbocycles. The number of benzene rings is 2. The molecule has 3 rings (SSSR count). The zero-order chi connectivity index (χ0) is 20.8. The molecule has 152 valence electrons. The van der Waals surface area contributed by atoms with Gasteiger partial charge in [0.2, 0.25) is 5.75 Å². The van der Waals surface area contributed by atoms with E-state index in [0.717, 1.165) is 11.1 Å². The van der Waals surface area contributed by atoms with E-state index in [1.165, 1.54) is 4.68 Å². The second-order valence-electron chi connectivity index (χ2n) is 6.17. The van der Waals surface area contributed by atoms with Gasteiger partial charge in [-0.3, -0.25) is 4.79 Å². The van der Waals surface area contributed by atoms with Gasteiger partial charge in [-0.1, -0.05) is 41.9 Å². The molecule has 0 aliphatic heterocycles. The zero-order valence-electron chi connectivity index (χ0n) is 16.4. The molecule has 0 saturated carbocycles. The third kappa shape index (κ3) is 4.46. The highest BCUT2D eigenvalue weighted by atomic mass is 35.5. The Morgan fingerprint density at radius 1 is 1.00 bits per heavy atom. The standard InChI is InChI=1S/C21H22ClN3O4/c1-27-17-10-9-15(19(28-2)20(17)29-3)11-23-16-12-24-25(21(26)18(16)22)13-14-7-5-4-6-8-14/h4-10,12,23H,11,13H2,1-3H3. The highest BCUT2D eigenvalue weighted by Gasteiger charge is 2.16. The Balaban J connectivity index is 1.81. The molecule has 0 saturated heterocycles. The molecule has 0 atom stereocenters. The van der Waals surface area contributed by atoms with E-state index in [-0.39, 0.29) is 10.6 Å². The highest BCUT2D eigenvalue weighted by molar-refractivity contribution is 6.32. The predicted molar refractivity (Wildman–Crippen MR) is 112 cm³/mol. The van der Waals surface area contributed by atoms with Crippen LogP contribution >= 0.6 is 11.6 Å². The molecule has 0 amide bonds. The van der Waals surface area contributed by atoms with Crippen molar-refractivity contribution in [2.24, 2.45) is 0 Å². The van der Waals surface area contributed by atoms with Crippen molar-refractivity contribution in [1.82, 2.24) is 9.78 Å². The van der Waals surface area contributed by atoms with Gasteiger partial charge in [-0.25, -0.2) is 4.68 Å². The second kappa shape index (κ2) is 9.34. The monoisotopic (exact) mass is 415 g/mol. The minimum Gasteiger partial charge on any atom is -0.493 e. The molecular formula is C21H22ClN3O4. The van der Waals surface area contributed by atoms with Gasteiger partial charge in [0.05, 0.1) is 39.8 Å². The molecule has 0 spiro atoms. The number of ether oxygens (including phenoxy) is 3. The van der Waals surface area contributed by atoms with E-state index in [9.17, 15) is 4.79 Å². The number of methoxy groups -OCH3 is 3. The molecule has 0 radical (unpaired) electrons. The SMILES string of the molecule is COc1ccc(CNc2cnn(Cc3ccccc3)c(=O)c2Cl)c(OC)c1OC. The molecule has 0 unspecified atom stereocenters. The van der Waals surface area contributed by atoms with E-state index >= 15 is 0 Å². The van der Waals surface area contributed by atoms with E-state index in [1.807, 2.05) is 36.4 Å². The molecular weight excluding hydrogens is 394 g/mol. The van der Waals surface area contributed by atoms with Crippen molar-refractivity contribution in [3.63, 3.8) is 0 Å². The Hall–Kier alpha value is -3.19. The first-order chi connectivity index (χ1) is 14.1. The Morgan fingerprint density at radius 2 is 1.72 bits per heavy atom. The Kier molecular flexibility index (Phi) is 6.61. The summed E-state index contributed by atoms with van der Waals surface area (Å²) in [5.74, 6) is 1.61. The van der Waals surface area contributed by atoms with Gasteiger partial charge >= 0.3 is 0 Å². The van der Waals surface area contributed by atoms with Crippen LogP contribution in [0.2, 0.25) is 5.02 Å². The van der Waals surface area contributed by atoms with Crippen LogP contribution in [-0.4, -0.2) is 31.1 Å². The third-order valence-corrected chi connectivity index (χ3v) is 4.78. The van der Waals surface area contributed by atoms with Gasteiger partial charge in [-0.2, -0.15) is 5.10 Å². The number of nitrogens with one attached hydrogen (secondary N) is 1. The molecule has 0 bridgehead atoms. The van der Waals surface area contributed by atoms with E-state index in [2.05, 4.69) is 10.4 Å². The second-order valence-corrected chi connectivity index (χ2v) is 6.55. The first-order valence-corrected chi connectivity index (χ1v) is 9.28. The summed E-state index contributed by atoms with van der Waals surface area (Å²) in [5, 5.41) is 7.45. The average Bonchev–Trinajstić information content (AvgIpc) is 2.76. The molecule has 2 aromatic carbocycles. The third-order valence-electron chi connectivity index (χ3n) is 4.42. The molecule has 29 heavy (non-hydrogen) atoms. The minimum absolute atomic E-state index is 0.0791. The van der Waals surface area contributed by atoms with Crippen LogP contribution in [0.1, 0.15) is 11.1 Å². The summed E-state index contributed by atoms with van der Waals surface area (Å²) in [5.41, 5.74) is 1.86. The van der Waals surface area contributed by atoms with Crippen LogP contribution in [0.25, 0.3) is 0 Å². The van der Waals surface area contributed by atoms with E-state index < -0.39 is 0 Å². The van der Waals surface area contributed by atoms with Crippen molar-refractivity contribution in [2.45, 2.75) is 13.1 Å². The largest absolute Gasteiger partial charge is 0.493 e. The number of hydrogen-bond donors (Lipinski definition) is 1. The average molecular weight is 416 g/mol. The van der Waals surface area contributed by atoms with Gasteiger partial charge in [-0.15, -0.1) is 0 Å². The van der Waals surface area contributed by atoms with Crippen LogP contribution in [0.5, 0.6) is 17.2 Å². The van der Waals surface area contributed by atoms with Crippen LogP contribution in [0.3, 0.4) is 0 Å². The van der Waals surface area contributed by atoms with Gasteiger partial charge in [-0.05, 0) is 17.7 Å². The van der Waals surface area contributed by atoms with Crippen LogP contribution in [0.4, 0.5) is 5.69 Å². The number of anilines is 1. The Labute approximate surface area is 173 Å². The van der Waals surface area contributed by atoms with Crippen molar-refractivity contribution in [1.29, 1.82) is 0 Å². The normalized spacial score (nSPS) is 10.5. The number of aromatic nitrogens is 2. The lowest BCUT2D eigenvalue weighted by atomic mass is 10.1. The van der Waals surface area contributed by atoms with Crippen molar-refractivity contribution in [3.05, 3.63) is 75.2 Å². The lowest BCUT2D eigenvalue weighted by Gasteiger charge is -2.17. The fraction of sp³-hybridized carbons (Fsp3) is 0.238. The first-order valence-electron chi connectivity index (χ1n) is 8.90. The van der Waals surface area contributed by atoms with E-state index in [1.54, 1.807) is 33.6 Å². The Bertz CT molecular complexity index is 1040. The zero-order valence-corrected chi connectivity index (χ0v) is 17.2. The summed E-state index contributed by atoms with van der Waals surface area (Å²) in [4.78, 5) is 12.6. The molecule has 0 fully saturated rings. The van der Waals surface area contributed by atoms with Crippen molar-refractivity contribution >= 4 is 17.3 Å². The van der Waals surface area contributed by atoms with Gasteiger partial charge in [0.1, 0.15) is 5.02 Å². The lowest BCUT2D eigenvalue weighted by molar-refractivity contribution is 0.322. The van der Waals surface area contributed by atoms with Crippen LogP contribution in [0.15, 0.2) is 53.5 Å². The number of halogens is 1. The highest BCUT2D eigenvalue weighted by Crippen LogP contribution is 2.40. The number of hydrogen-bond acceptors (Lipinski definition) is 6. The van der Waals surface area contributed by atoms with Crippen LogP contribution in [-0.2, 0) is 13.1 Å². The molecule has 1 heterocycles. The summed E-state index contributed by atoms with van der Waals surface area (Å²) in [6.07, 6.45) is 1.54. The Morgan fingerprint density at radius 3 is 2.38 bits per heavy atom. The van der Waals surface area contributed by atoms with Crippen molar-refractivity contribution in [3.8, 4) is 17.2 Å². The fourth-order valence-corrected chi connectivity index (χ4v) is 3.16. The maximum absolute atomic E-state index is 12.6. The summed E-state index contributed by atoms with van der Waals surface area (Å²) < 4.78 is 17.5. The number of rotatable bonds is 8. The fourth-order valence-electron chi connectivity index (χ4n) is 2.95. The van der Waals surface area contributed by atoms with Crippen LogP contribution < -0.4 is 25.1 Å². The molecule has 3 aromatic rings. The summed E-state index contributed by atoms with van der Waals surface area (Å²) in [7, 11) is 4.66. The molecule has 1 aromatic heterocycles. The van der Waals surface area contributed by atoms with Gasteiger partial charge < -0.3 is 19.5 Å². The van der Waals surface area contributed by atoms with Gasteiger partial charge in [0, 0.05) is 12.1 Å². The topological polar surface area (TPSA) is 74.6 Å². The summed E-state index contributed by atoms with van der Waals surface area (Å²) >= 11 is 6.30. The maximum atomic E-state index is 12.6. The van der Waals surface area contributed by atoms with Crippen molar-refractivity contribution in [2.75, 3.05) is 26.6 Å². The van der Waals surface area contributed by atoms with E-state index in [4.69, 9.17) is 25.8 Å². The number of nitrogens with zero attached hydrogens (tertiary/aromatic N) is 2. The van der Waals surface area contributed by atoms with E-state index in [0.29, 0.717) is 36.0 Å². The van der Waals surface area contributed by atoms with Gasteiger partial charge in [0.15, 0.2) is 11.5 Å². The molecule has 8 heteroatoms.